The third-order valence-electron chi connectivity index (χ3n) is 3.95. The van der Waals surface area contributed by atoms with Crippen LogP contribution in [0.25, 0.3) is 0 Å². The second-order valence-electron chi connectivity index (χ2n) is 5.85. The molecule has 0 heterocycles. The Bertz CT molecular complexity index is 719. The maximum atomic E-state index is 12.4. The Morgan fingerprint density at radius 3 is 2.68 bits per heavy atom. The number of anilines is 1. The number of amides is 1. The number of aryl methyl sites for hydroxylation is 1. The molecule has 0 aromatic heterocycles. The minimum absolute atomic E-state index is 0.0545. The number of nitrogens with one attached hydrogen (secondary N) is 1. The van der Waals surface area contributed by atoms with Crippen LogP contribution in [0.4, 0.5) is 5.69 Å². The van der Waals surface area contributed by atoms with E-state index in [0.29, 0.717) is 24.7 Å². The average molecular weight is 361 g/mol. The third kappa shape index (κ3) is 5.76. The van der Waals surface area contributed by atoms with E-state index >= 15 is 0 Å². The second-order valence-corrected chi connectivity index (χ2v) is 6.29. The van der Waals surface area contributed by atoms with Gasteiger partial charge in [0.05, 0.1) is 13.2 Å². The molecule has 2 aromatic rings. The number of hydrogen-bond acceptors (Lipinski definition) is 3. The second kappa shape index (κ2) is 9.44. The lowest BCUT2D eigenvalue weighted by Crippen LogP contribution is -2.33. The van der Waals surface area contributed by atoms with Crippen molar-refractivity contribution < 1.29 is 9.53 Å². The lowest BCUT2D eigenvalue weighted by Gasteiger charge is -2.21. The van der Waals surface area contributed by atoms with Gasteiger partial charge in [0.2, 0.25) is 5.91 Å². The predicted octanol–water partition coefficient (Wildman–Crippen LogP) is 4.51. The van der Waals surface area contributed by atoms with Crippen molar-refractivity contribution in [2.24, 2.45) is 0 Å². The van der Waals surface area contributed by atoms with E-state index in [2.05, 4.69) is 10.2 Å². The van der Waals surface area contributed by atoms with Gasteiger partial charge in [0.25, 0.3) is 0 Å². The molecule has 1 N–H and O–H groups in total. The molecule has 5 heteroatoms. The summed E-state index contributed by atoms with van der Waals surface area (Å²) >= 11 is 6.01. The van der Waals surface area contributed by atoms with Gasteiger partial charge in [0, 0.05) is 22.8 Å². The van der Waals surface area contributed by atoms with Crippen molar-refractivity contribution >= 4 is 23.2 Å². The molecule has 0 aliphatic carbocycles. The number of hydrogen-bond donors (Lipinski definition) is 1. The summed E-state index contributed by atoms with van der Waals surface area (Å²) in [5.74, 6) is 0.815. The van der Waals surface area contributed by atoms with Crippen LogP contribution in [0.5, 0.6) is 5.75 Å². The summed E-state index contributed by atoms with van der Waals surface area (Å²) in [6.45, 7) is 8.32. The fourth-order valence-electron chi connectivity index (χ4n) is 2.57. The standard InChI is InChI=1S/C20H25ClN2O2/c1-4-23(13-16-8-6-7-9-19(16)25-5-2)14-20(24)22-18-12-17(21)11-10-15(18)3/h6-12H,4-5,13-14H2,1-3H3,(H,22,24). The van der Waals surface area contributed by atoms with Gasteiger partial charge in [-0.15, -0.1) is 0 Å². The fourth-order valence-corrected chi connectivity index (χ4v) is 2.74. The Kier molecular flexibility index (Phi) is 7.29. The van der Waals surface area contributed by atoms with E-state index in [0.717, 1.165) is 29.1 Å². The predicted molar refractivity (Wildman–Crippen MR) is 103 cm³/mol. The van der Waals surface area contributed by atoms with Crippen LogP contribution in [0, 0.1) is 6.92 Å². The zero-order valence-electron chi connectivity index (χ0n) is 15.0. The number of carbonyl (C=O) groups excluding carboxylic acids is 1. The minimum Gasteiger partial charge on any atom is -0.494 e. The smallest absolute Gasteiger partial charge is 0.238 e. The number of likely N-dealkylation sites (N-methyl/N-ethyl adjacent to an activating group) is 1. The molecular formula is C20H25ClN2O2. The summed E-state index contributed by atoms with van der Waals surface area (Å²) in [4.78, 5) is 14.5. The van der Waals surface area contributed by atoms with Crippen LogP contribution in [-0.4, -0.2) is 30.5 Å². The largest absolute Gasteiger partial charge is 0.494 e. The van der Waals surface area contributed by atoms with Crippen molar-refractivity contribution in [3.63, 3.8) is 0 Å². The van der Waals surface area contributed by atoms with Crippen LogP contribution in [0.2, 0.25) is 5.02 Å². The third-order valence-corrected chi connectivity index (χ3v) is 4.19. The van der Waals surface area contributed by atoms with E-state index in [-0.39, 0.29) is 5.91 Å². The first-order valence-corrected chi connectivity index (χ1v) is 8.90. The van der Waals surface area contributed by atoms with Crippen LogP contribution in [0.15, 0.2) is 42.5 Å². The number of carbonyl (C=O) groups is 1. The van der Waals surface area contributed by atoms with Gasteiger partial charge in [0.1, 0.15) is 5.75 Å². The van der Waals surface area contributed by atoms with Crippen molar-refractivity contribution in [3.05, 3.63) is 58.6 Å². The number of benzene rings is 2. The summed E-state index contributed by atoms with van der Waals surface area (Å²) in [6.07, 6.45) is 0. The molecule has 0 aliphatic rings. The zero-order valence-corrected chi connectivity index (χ0v) is 15.8. The van der Waals surface area contributed by atoms with Crippen LogP contribution in [0.3, 0.4) is 0 Å². The molecule has 0 saturated heterocycles. The van der Waals surface area contributed by atoms with Crippen LogP contribution in [0.1, 0.15) is 25.0 Å². The van der Waals surface area contributed by atoms with Gasteiger partial charge in [-0.3, -0.25) is 9.69 Å². The SMILES string of the molecule is CCOc1ccccc1CN(CC)CC(=O)Nc1cc(Cl)ccc1C. The van der Waals surface area contributed by atoms with Crippen molar-refractivity contribution in [2.45, 2.75) is 27.3 Å². The highest BCUT2D eigenvalue weighted by molar-refractivity contribution is 6.31. The molecule has 2 aromatic carbocycles. The Morgan fingerprint density at radius 1 is 1.20 bits per heavy atom. The van der Waals surface area contributed by atoms with E-state index in [4.69, 9.17) is 16.3 Å². The Morgan fingerprint density at radius 2 is 1.96 bits per heavy atom. The number of nitrogens with zero attached hydrogens (tertiary/aromatic N) is 1. The van der Waals surface area contributed by atoms with Crippen molar-refractivity contribution in [1.82, 2.24) is 4.90 Å². The van der Waals surface area contributed by atoms with Crippen molar-refractivity contribution in [3.8, 4) is 5.75 Å². The molecule has 0 atom stereocenters. The summed E-state index contributed by atoms with van der Waals surface area (Å²) in [6, 6.07) is 13.4. The fraction of sp³-hybridized carbons (Fsp3) is 0.350. The Labute approximate surface area is 154 Å². The average Bonchev–Trinajstić information content (AvgIpc) is 2.59. The summed E-state index contributed by atoms with van der Waals surface area (Å²) in [5.41, 5.74) is 2.82. The van der Waals surface area contributed by atoms with Gasteiger partial charge >= 0.3 is 0 Å². The molecule has 25 heavy (non-hydrogen) atoms. The van der Waals surface area contributed by atoms with E-state index in [1.165, 1.54) is 0 Å². The summed E-state index contributed by atoms with van der Waals surface area (Å²) in [7, 11) is 0. The van der Waals surface area contributed by atoms with E-state index in [9.17, 15) is 4.79 Å². The molecule has 1 amide bonds. The molecule has 0 bridgehead atoms. The van der Waals surface area contributed by atoms with Gasteiger partial charge in [-0.2, -0.15) is 0 Å². The maximum Gasteiger partial charge on any atom is 0.238 e. The lowest BCUT2D eigenvalue weighted by molar-refractivity contribution is -0.117. The molecule has 134 valence electrons. The van der Waals surface area contributed by atoms with E-state index in [1.54, 1.807) is 6.07 Å². The highest BCUT2D eigenvalue weighted by Gasteiger charge is 2.13. The van der Waals surface area contributed by atoms with Gasteiger partial charge in [-0.25, -0.2) is 0 Å². The molecule has 0 aliphatic heterocycles. The van der Waals surface area contributed by atoms with Crippen molar-refractivity contribution in [2.75, 3.05) is 25.0 Å². The highest BCUT2D eigenvalue weighted by atomic mass is 35.5. The van der Waals surface area contributed by atoms with E-state index < -0.39 is 0 Å². The Hall–Kier alpha value is -2.04. The highest BCUT2D eigenvalue weighted by Crippen LogP contribution is 2.21. The van der Waals surface area contributed by atoms with Crippen LogP contribution < -0.4 is 10.1 Å². The lowest BCUT2D eigenvalue weighted by atomic mass is 10.2. The number of ether oxygens (including phenoxy) is 1. The van der Waals surface area contributed by atoms with Crippen LogP contribution >= 0.6 is 11.6 Å². The topological polar surface area (TPSA) is 41.6 Å². The molecule has 0 unspecified atom stereocenters. The Balaban J connectivity index is 2.02. The van der Waals surface area contributed by atoms with E-state index in [1.807, 2.05) is 57.2 Å². The first-order valence-electron chi connectivity index (χ1n) is 8.52. The first kappa shape index (κ1) is 19.3. The zero-order chi connectivity index (χ0) is 18.2. The first-order chi connectivity index (χ1) is 12.0. The summed E-state index contributed by atoms with van der Waals surface area (Å²) < 4.78 is 5.67. The normalized spacial score (nSPS) is 10.8. The van der Waals surface area contributed by atoms with Gasteiger partial charge in [0.15, 0.2) is 0 Å². The number of rotatable bonds is 8. The molecule has 0 spiro atoms. The maximum absolute atomic E-state index is 12.4. The molecular weight excluding hydrogens is 336 g/mol. The number of para-hydroxylation sites is 1. The molecule has 4 nitrogen and oxygen atoms in total. The molecule has 2 rings (SSSR count). The summed E-state index contributed by atoms with van der Waals surface area (Å²) in [5, 5.41) is 3.56. The monoisotopic (exact) mass is 360 g/mol. The number of halogens is 1. The molecule has 0 saturated carbocycles. The van der Waals surface area contributed by atoms with Crippen molar-refractivity contribution in [1.29, 1.82) is 0 Å². The van der Waals surface area contributed by atoms with Gasteiger partial charge in [-0.1, -0.05) is 42.8 Å². The van der Waals surface area contributed by atoms with Gasteiger partial charge < -0.3 is 10.1 Å². The van der Waals surface area contributed by atoms with Crippen LogP contribution in [-0.2, 0) is 11.3 Å². The van der Waals surface area contributed by atoms with Gasteiger partial charge in [-0.05, 0) is 44.2 Å². The minimum atomic E-state index is -0.0545. The molecule has 0 fully saturated rings. The molecule has 0 radical (unpaired) electrons. The quantitative estimate of drug-likeness (QED) is 0.753.